The van der Waals surface area contributed by atoms with E-state index in [1.54, 1.807) is 21.3 Å². The highest BCUT2D eigenvalue weighted by Crippen LogP contribution is 2.49. The van der Waals surface area contributed by atoms with Crippen LogP contribution >= 0.6 is 0 Å². The van der Waals surface area contributed by atoms with Gasteiger partial charge in [0.15, 0.2) is 0 Å². The van der Waals surface area contributed by atoms with Crippen LogP contribution in [0.2, 0.25) is 0 Å². The molecule has 0 bridgehead atoms. The summed E-state index contributed by atoms with van der Waals surface area (Å²) < 4.78 is 17.4. The van der Waals surface area contributed by atoms with Crippen LogP contribution in [0, 0.1) is 13.8 Å². The number of aryl methyl sites for hydroxylation is 2. The summed E-state index contributed by atoms with van der Waals surface area (Å²) in [5.74, 6) is 0. The Kier molecular flexibility index (Phi) is 3.95. The van der Waals surface area contributed by atoms with E-state index in [9.17, 15) is 0 Å². The van der Waals surface area contributed by atoms with E-state index in [0.29, 0.717) is 0 Å². The zero-order valence-electron chi connectivity index (χ0n) is 13.8. The van der Waals surface area contributed by atoms with Gasteiger partial charge in [0, 0.05) is 21.3 Å². The standard InChI is InChI=1S/C18H22O3Si/c1-12-6-8-14-15-9-7-13(2)11-17(15)18(16(14)10-12)22(19-3,20-4)21-5/h6-11,18H,1-5H3. The van der Waals surface area contributed by atoms with Crippen molar-refractivity contribution in [3.8, 4) is 11.1 Å². The van der Waals surface area contributed by atoms with E-state index in [1.807, 2.05) is 0 Å². The van der Waals surface area contributed by atoms with Crippen LogP contribution < -0.4 is 0 Å². The summed E-state index contributed by atoms with van der Waals surface area (Å²) in [5.41, 5.74) is 7.51. The number of rotatable bonds is 4. The van der Waals surface area contributed by atoms with Gasteiger partial charge in [-0.25, -0.2) is 0 Å². The van der Waals surface area contributed by atoms with Crippen LogP contribution in [0.4, 0.5) is 0 Å². The minimum atomic E-state index is -2.83. The maximum Gasteiger partial charge on any atom is 0.512 e. The molecule has 3 rings (SSSR count). The van der Waals surface area contributed by atoms with E-state index in [4.69, 9.17) is 13.3 Å². The van der Waals surface area contributed by atoms with Gasteiger partial charge in [-0.15, -0.1) is 0 Å². The van der Waals surface area contributed by atoms with Gasteiger partial charge in [-0.1, -0.05) is 47.5 Å². The molecule has 22 heavy (non-hydrogen) atoms. The Balaban J connectivity index is 2.30. The van der Waals surface area contributed by atoms with Crippen LogP contribution in [0.3, 0.4) is 0 Å². The van der Waals surface area contributed by atoms with Crippen molar-refractivity contribution in [2.75, 3.05) is 21.3 Å². The molecule has 0 saturated heterocycles. The molecule has 0 atom stereocenters. The number of hydrogen-bond donors (Lipinski definition) is 0. The van der Waals surface area contributed by atoms with Crippen LogP contribution in [0.15, 0.2) is 36.4 Å². The first-order valence-corrected chi connectivity index (χ1v) is 9.23. The molecule has 0 N–H and O–H groups in total. The van der Waals surface area contributed by atoms with Crippen LogP contribution in [-0.4, -0.2) is 30.1 Å². The fourth-order valence-electron chi connectivity index (χ4n) is 3.48. The van der Waals surface area contributed by atoms with Gasteiger partial charge in [0.2, 0.25) is 0 Å². The Morgan fingerprint density at radius 3 is 1.50 bits per heavy atom. The fourth-order valence-corrected chi connectivity index (χ4v) is 5.93. The average molecular weight is 314 g/mol. The minimum Gasteiger partial charge on any atom is -0.376 e. The van der Waals surface area contributed by atoms with Crippen molar-refractivity contribution in [3.05, 3.63) is 58.7 Å². The lowest BCUT2D eigenvalue weighted by molar-refractivity contribution is 0.117. The van der Waals surface area contributed by atoms with Crippen molar-refractivity contribution in [2.24, 2.45) is 0 Å². The van der Waals surface area contributed by atoms with E-state index in [2.05, 4.69) is 50.2 Å². The highest BCUT2D eigenvalue weighted by molar-refractivity contribution is 6.63. The average Bonchev–Trinajstić information content (AvgIpc) is 2.83. The summed E-state index contributed by atoms with van der Waals surface area (Å²) in [5, 5.41) is 0. The second-order valence-electron chi connectivity index (χ2n) is 5.83. The Morgan fingerprint density at radius 1 is 0.727 bits per heavy atom. The molecule has 0 radical (unpaired) electrons. The number of fused-ring (bicyclic) bond motifs is 3. The lowest BCUT2D eigenvalue weighted by atomic mass is 10.0. The SMILES string of the molecule is CO[Si](OC)(OC)C1c2cc(C)ccc2-c2ccc(C)cc21. The topological polar surface area (TPSA) is 27.7 Å². The van der Waals surface area contributed by atoms with Crippen LogP contribution in [-0.2, 0) is 13.3 Å². The summed E-state index contributed by atoms with van der Waals surface area (Å²) in [6.45, 7) is 4.22. The Morgan fingerprint density at radius 2 is 1.14 bits per heavy atom. The van der Waals surface area contributed by atoms with Crippen molar-refractivity contribution in [1.82, 2.24) is 0 Å². The molecule has 0 spiro atoms. The molecular formula is C18H22O3Si. The molecule has 0 fully saturated rings. The molecule has 2 aromatic rings. The monoisotopic (exact) mass is 314 g/mol. The van der Waals surface area contributed by atoms with Gasteiger partial charge in [0.1, 0.15) is 0 Å². The molecule has 1 aliphatic rings. The van der Waals surface area contributed by atoms with Gasteiger partial charge in [-0.2, -0.15) is 0 Å². The lowest BCUT2D eigenvalue weighted by Gasteiger charge is -2.31. The molecule has 0 amide bonds. The third-order valence-electron chi connectivity index (χ3n) is 4.53. The van der Waals surface area contributed by atoms with E-state index in [0.717, 1.165) is 0 Å². The van der Waals surface area contributed by atoms with Gasteiger partial charge in [0.05, 0.1) is 5.54 Å². The first kappa shape index (κ1) is 15.4. The molecule has 2 aromatic carbocycles. The Bertz CT molecular complexity index is 648. The zero-order chi connectivity index (χ0) is 15.9. The van der Waals surface area contributed by atoms with Crippen molar-refractivity contribution in [3.63, 3.8) is 0 Å². The van der Waals surface area contributed by atoms with Gasteiger partial charge < -0.3 is 13.3 Å². The van der Waals surface area contributed by atoms with E-state index in [-0.39, 0.29) is 5.54 Å². The van der Waals surface area contributed by atoms with Crippen molar-refractivity contribution < 1.29 is 13.3 Å². The number of hydrogen-bond acceptors (Lipinski definition) is 3. The van der Waals surface area contributed by atoms with Gasteiger partial charge in [0.25, 0.3) is 0 Å². The fraction of sp³-hybridized carbons (Fsp3) is 0.333. The predicted octanol–water partition coefficient (Wildman–Crippen LogP) is 3.83. The lowest BCUT2D eigenvalue weighted by Crippen LogP contribution is -2.49. The Hall–Kier alpha value is -1.46. The van der Waals surface area contributed by atoms with Gasteiger partial charge >= 0.3 is 8.80 Å². The minimum absolute atomic E-state index is 0.0253. The highest BCUT2D eigenvalue weighted by atomic mass is 28.4. The third kappa shape index (κ3) is 2.15. The first-order valence-electron chi connectivity index (χ1n) is 7.43. The van der Waals surface area contributed by atoms with Crippen molar-refractivity contribution >= 4 is 8.80 Å². The normalized spacial score (nSPS) is 14.0. The molecule has 0 saturated carbocycles. The maximum absolute atomic E-state index is 5.81. The largest absolute Gasteiger partial charge is 0.512 e. The predicted molar refractivity (Wildman–Crippen MR) is 90.0 cm³/mol. The summed E-state index contributed by atoms with van der Waals surface area (Å²) in [6.07, 6.45) is 0. The van der Waals surface area contributed by atoms with Gasteiger partial charge in [-0.05, 0) is 36.1 Å². The molecule has 1 aliphatic carbocycles. The molecule has 0 aliphatic heterocycles. The van der Waals surface area contributed by atoms with E-state index in [1.165, 1.54) is 33.4 Å². The van der Waals surface area contributed by atoms with Crippen LogP contribution in [0.25, 0.3) is 11.1 Å². The van der Waals surface area contributed by atoms with E-state index < -0.39 is 8.80 Å². The van der Waals surface area contributed by atoms with Crippen molar-refractivity contribution in [1.29, 1.82) is 0 Å². The van der Waals surface area contributed by atoms with Crippen LogP contribution in [0.1, 0.15) is 27.8 Å². The summed E-state index contributed by atoms with van der Waals surface area (Å²) in [7, 11) is 2.22. The van der Waals surface area contributed by atoms with Gasteiger partial charge in [-0.3, -0.25) is 0 Å². The molecule has 0 aromatic heterocycles. The molecule has 4 heteroatoms. The molecule has 3 nitrogen and oxygen atoms in total. The van der Waals surface area contributed by atoms with Crippen molar-refractivity contribution in [2.45, 2.75) is 19.4 Å². The first-order chi connectivity index (χ1) is 10.6. The molecule has 0 unspecified atom stereocenters. The smallest absolute Gasteiger partial charge is 0.376 e. The second kappa shape index (κ2) is 5.63. The van der Waals surface area contributed by atoms with Crippen LogP contribution in [0.5, 0.6) is 0 Å². The van der Waals surface area contributed by atoms with E-state index >= 15 is 0 Å². The molecule has 0 heterocycles. The molecule has 116 valence electrons. The zero-order valence-corrected chi connectivity index (χ0v) is 14.8. The summed E-state index contributed by atoms with van der Waals surface area (Å²) in [4.78, 5) is 0. The Labute approximate surface area is 133 Å². The summed E-state index contributed by atoms with van der Waals surface area (Å²) >= 11 is 0. The highest BCUT2D eigenvalue weighted by Gasteiger charge is 2.53. The maximum atomic E-state index is 5.81. The molecular weight excluding hydrogens is 292 g/mol. The second-order valence-corrected chi connectivity index (χ2v) is 8.84. The number of benzene rings is 2. The summed E-state index contributed by atoms with van der Waals surface area (Å²) in [6, 6.07) is 13.2. The quantitative estimate of drug-likeness (QED) is 0.803. The third-order valence-corrected chi connectivity index (χ3v) is 7.57.